The van der Waals surface area contributed by atoms with E-state index in [-0.39, 0.29) is 51.8 Å². The van der Waals surface area contributed by atoms with Gasteiger partial charge >= 0.3 is 15.2 Å². The van der Waals surface area contributed by atoms with Crippen LogP contribution in [-0.2, 0) is 74.1 Å². The molecule has 0 saturated heterocycles. The van der Waals surface area contributed by atoms with Gasteiger partial charge in [0.15, 0.2) is 0 Å². The Hall–Kier alpha value is -3.84. The van der Waals surface area contributed by atoms with E-state index >= 15 is 9.13 Å². The van der Waals surface area contributed by atoms with Gasteiger partial charge in [-0.3, -0.25) is 18.5 Å². The summed E-state index contributed by atoms with van der Waals surface area (Å²) in [6, 6.07) is 36.5. The normalized spacial score (nSPS) is 14.0. The summed E-state index contributed by atoms with van der Waals surface area (Å²) in [6.07, 6.45) is 3.45. The van der Waals surface area contributed by atoms with Crippen molar-refractivity contribution in [1.29, 1.82) is 0 Å². The van der Waals surface area contributed by atoms with E-state index in [1.807, 2.05) is 116 Å². The van der Waals surface area contributed by atoms with Gasteiger partial charge < -0.3 is 33.3 Å². The van der Waals surface area contributed by atoms with E-state index in [0.717, 1.165) is 28.2 Å². The number of benzene rings is 4. The number of carbonyl (C=O) groups excluding carboxylic acids is 1. The number of nitrogens with two attached hydrogens (primary N) is 1. The molecular formula is C45H55N4O9P3S2. The highest BCUT2D eigenvalue weighted by Gasteiger charge is 2.44. The lowest BCUT2D eigenvalue weighted by molar-refractivity contribution is -0.116. The summed E-state index contributed by atoms with van der Waals surface area (Å²) in [6.45, 7) is 5.11. The summed E-state index contributed by atoms with van der Waals surface area (Å²) in [7, 11) is -9.82. The standard InChI is InChI=1S/C45H55N4O9P3S2/c1-4-27-62-63-44(37(2)49(34-50)29-43-28-47-38(3)48-45(43)46)25-26-54-60(52,56-31-40-19-11-6-12-20-40)35-59(51,55-30-39-17-9-5-10-18-39)36-61(53,57-32-41-21-13-7-14-22-41)58-33-42-23-15-8-16-24-42/h5-24,28,34H,4,25-27,29-33,35-36H2,1-3H3,(H2,46,47,48)/b44-37-. The quantitative estimate of drug-likeness (QED) is 0.0217. The number of hydrogen-bond donors (Lipinski definition) is 1. The zero-order chi connectivity index (χ0) is 45.0. The first-order chi connectivity index (χ1) is 30.4. The number of amides is 1. The minimum Gasteiger partial charge on any atom is -0.383 e. The number of hydrogen-bond acceptors (Lipinski definition) is 14. The molecule has 336 valence electrons. The second kappa shape index (κ2) is 25.6. The highest BCUT2D eigenvalue weighted by molar-refractivity contribution is 8.78. The van der Waals surface area contributed by atoms with Crippen molar-refractivity contribution in [2.75, 3.05) is 29.9 Å². The first-order valence-electron chi connectivity index (χ1n) is 20.3. The van der Waals surface area contributed by atoms with Gasteiger partial charge in [-0.05, 0) is 42.5 Å². The summed E-state index contributed by atoms with van der Waals surface area (Å²) in [5, 5.41) is 0. The fraction of sp³-hybridized carbons (Fsp3) is 0.311. The van der Waals surface area contributed by atoms with E-state index in [9.17, 15) is 9.36 Å². The van der Waals surface area contributed by atoms with Crippen LogP contribution >= 0.6 is 44.1 Å². The van der Waals surface area contributed by atoms with Crippen molar-refractivity contribution in [3.63, 3.8) is 0 Å². The molecular weight excluding hydrogens is 898 g/mol. The van der Waals surface area contributed by atoms with Crippen molar-refractivity contribution in [3.05, 3.63) is 172 Å². The number of nitrogens with zero attached hydrogens (tertiary/aromatic N) is 3. The van der Waals surface area contributed by atoms with Gasteiger partial charge in [0.05, 0.1) is 39.6 Å². The molecule has 2 unspecified atom stereocenters. The molecule has 5 aromatic rings. The van der Waals surface area contributed by atoms with Crippen molar-refractivity contribution in [1.82, 2.24) is 14.9 Å². The van der Waals surface area contributed by atoms with Gasteiger partial charge in [-0.25, -0.2) is 9.97 Å². The maximum atomic E-state index is 15.4. The second-order valence-corrected chi connectivity index (χ2v) is 24.6. The number of nitrogen functional groups attached to an aromatic ring is 1. The van der Waals surface area contributed by atoms with E-state index in [1.54, 1.807) is 36.0 Å². The van der Waals surface area contributed by atoms with Crippen LogP contribution in [0.2, 0.25) is 0 Å². The third-order valence-corrected chi connectivity index (χ3v) is 21.1. The average Bonchev–Trinajstić information content (AvgIpc) is 3.29. The van der Waals surface area contributed by atoms with Gasteiger partial charge in [-0.2, -0.15) is 0 Å². The summed E-state index contributed by atoms with van der Waals surface area (Å²) in [5.41, 5.74) is 10.2. The Morgan fingerprint density at radius 1 is 0.698 bits per heavy atom. The van der Waals surface area contributed by atoms with Crippen LogP contribution in [0.1, 0.15) is 60.3 Å². The molecule has 0 aliphatic heterocycles. The summed E-state index contributed by atoms with van der Waals surface area (Å²) in [5.74, 6) is 0.192. The zero-order valence-corrected chi connectivity index (χ0v) is 40.0. The molecule has 63 heavy (non-hydrogen) atoms. The van der Waals surface area contributed by atoms with Gasteiger partial charge in [0, 0.05) is 34.5 Å². The summed E-state index contributed by atoms with van der Waals surface area (Å²) < 4.78 is 76.2. The highest BCUT2D eigenvalue weighted by atomic mass is 33.1. The van der Waals surface area contributed by atoms with E-state index < -0.39 is 34.4 Å². The first-order valence-corrected chi connectivity index (χ1v) is 28.1. The lowest BCUT2D eigenvalue weighted by Gasteiger charge is -2.28. The summed E-state index contributed by atoms with van der Waals surface area (Å²) >= 11 is 0. The Kier molecular flexibility index (Phi) is 20.4. The number of carbonyl (C=O) groups is 1. The smallest absolute Gasteiger partial charge is 0.340 e. The topological polar surface area (TPSA) is 169 Å². The molecule has 0 aliphatic carbocycles. The molecule has 4 aromatic carbocycles. The Morgan fingerprint density at radius 2 is 1.14 bits per heavy atom. The van der Waals surface area contributed by atoms with Crippen LogP contribution in [0.25, 0.3) is 0 Å². The molecule has 0 spiro atoms. The molecule has 2 atom stereocenters. The van der Waals surface area contributed by atoms with Crippen molar-refractivity contribution in [2.45, 2.75) is 66.6 Å². The van der Waals surface area contributed by atoms with Crippen LogP contribution < -0.4 is 5.73 Å². The van der Waals surface area contributed by atoms with Crippen LogP contribution in [0, 0.1) is 6.92 Å². The molecule has 18 heteroatoms. The molecule has 0 aliphatic rings. The highest BCUT2D eigenvalue weighted by Crippen LogP contribution is 2.71. The Labute approximate surface area is 378 Å². The molecule has 0 saturated carbocycles. The number of allylic oxidation sites excluding steroid dienone is 1. The van der Waals surface area contributed by atoms with Crippen LogP contribution in [0.4, 0.5) is 5.82 Å². The van der Waals surface area contributed by atoms with Crippen LogP contribution in [0.3, 0.4) is 0 Å². The number of rotatable bonds is 28. The fourth-order valence-electron chi connectivity index (χ4n) is 5.87. The van der Waals surface area contributed by atoms with Crippen LogP contribution in [-0.4, -0.2) is 45.4 Å². The Bertz CT molecular complexity index is 2300. The molecule has 0 fully saturated rings. The molecule has 5 rings (SSSR count). The minimum atomic E-state index is -4.36. The van der Waals surface area contributed by atoms with Crippen molar-refractivity contribution in [2.24, 2.45) is 0 Å². The largest absolute Gasteiger partial charge is 0.383 e. The van der Waals surface area contributed by atoms with Gasteiger partial charge in [-0.1, -0.05) is 150 Å². The SMILES string of the molecule is CCCSS/C(CCOP(=O)(CP(=O)(CP(=O)(OCc1ccccc1)OCc1ccccc1)OCc1ccccc1)OCc1ccccc1)=C(/C)N(C=O)Cc1cnc(C)nc1N. The van der Waals surface area contributed by atoms with Crippen molar-refractivity contribution in [3.8, 4) is 0 Å². The van der Waals surface area contributed by atoms with Crippen LogP contribution in [0.15, 0.2) is 138 Å². The molecule has 13 nitrogen and oxygen atoms in total. The van der Waals surface area contributed by atoms with E-state index in [2.05, 4.69) is 16.9 Å². The monoisotopic (exact) mass is 952 g/mol. The van der Waals surface area contributed by atoms with E-state index in [4.69, 9.17) is 28.4 Å². The maximum absolute atomic E-state index is 15.4. The Morgan fingerprint density at radius 3 is 1.57 bits per heavy atom. The van der Waals surface area contributed by atoms with Crippen molar-refractivity contribution < 1.29 is 41.1 Å². The van der Waals surface area contributed by atoms with Gasteiger partial charge in [0.2, 0.25) is 13.8 Å². The maximum Gasteiger partial charge on any atom is 0.340 e. The number of aryl methyl sites for hydroxylation is 1. The third kappa shape index (κ3) is 17.2. The van der Waals surface area contributed by atoms with E-state index in [1.165, 1.54) is 15.7 Å². The summed E-state index contributed by atoms with van der Waals surface area (Å²) in [4.78, 5) is 23.3. The Balaban J connectivity index is 1.46. The minimum absolute atomic E-state index is 0.103. The predicted molar refractivity (Wildman–Crippen MR) is 254 cm³/mol. The second-order valence-electron chi connectivity index (χ2n) is 14.4. The van der Waals surface area contributed by atoms with Crippen molar-refractivity contribution >= 4 is 56.4 Å². The molecule has 1 heterocycles. The number of anilines is 1. The third-order valence-electron chi connectivity index (χ3n) is 9.28. The van der Waals surface area contributed by atoms with Crippen LogP contribution in [0.5, 0.6) is 0 Å². The average molecular weight is 953 g/mol. The lowest BCUT2D eigenvalue weighted by Crippen LogP contribution is -2.22. The lowest BCUT2D eigenvalue weighted by atomic mass is 10.2. The first kappa shape index (κ1) is 50.2. The molecule has 0 bridgehead atoms. The zero-order valence-electron chi connectivity index (χ0n) is 35.7. The van der Waals surface area contributed by atoms with Gasteiger partial charge in [0.1, 0.15) is 23.4 Å². The number of aromatic nitrogens is 2. The molecule has 2 N–H and O–H groups in total. The molecule has 0 radical (unpaired) electrons. The molecule has 1 aromatic heterocycles. The van der Waals surface area contributed by atoms with Gasteiger partial charge in [0.25, 0.3) is 0 Å². The van der Waals surface area contributed by atoms with Gasteiger partial charge in [-0.15, -0.1) is 0 Å². The van der Waals surface area contributed by atoms with E-state index in [0.29, 0.717) is 34.6 Å². The predicted octanol–water partition coefficient (Wildman–Crippen LogP) is 12.2. The molecule has 1 amide bonds. The fourth-order valence-corrected chi connectivity index (χ4v) is 17.7.